The molecule has 0 rings (SSSR count). The highest BCUT2D eigenvalue weighted by Gasteiger charge is 2.16. The van der Waals surface area contributed by atoms with Gasteiger partial charge in [0, 0.05) is 19.3 Å². The number of carbonyl (C=O) groups excluding carboxylic acids is 3. The van der Waals surface area contributed by atoms with Gasteiger partial charge in [-0.05, 0) is 128 Å². The van der Waals surface area contributed by atoms with E-state index in [0.29, 0.717) is 32.5 Å². The van der Waals surface area contributed by atoms with Crippen LogP contribution in [0, 0.1) is 10.8 Å². The van der Waals surface area contributed by atoms with Crippen LogP contribution in [0.1, 0.15) is 260 Å². The zero-order valence-corrected chi connectivity index (χ0v) is 42.4. The molecular weight excluding hydrogens is 771 g/mol. The highest BCUT2D eigenvalue weighted by molar-refractivity contribution is 5.70. The second kappa shape index (κ2) is 41.5. The average Bonchev–Trinajstić information content (AvgIpc) is 3.20. The van der Waals surface area contributed by atoms with Crippen LogP contribution in [0.25, 0.3) is 0 Å². The van der Waals surface area contributed by atoms with Gasteiger partial charge in [-0.3, -0.25) is 14.4 Å². The zero-order chi connectivity index (χ0) is 46.0. The summed E-state index contributed by atoms with van der Waals surface area (Å²) in [6, 6.07) is 0. The molecule has 0 spiro atoms. The summed E-state index contributed by atoms with van der Waals surface area (Å²) in [7, 11) is 4.11. The van der Waals surface area contributed by atoms with Crippen molar-refractivity contribution >= 4 is 17.9 Å². The molecule has 0 N–H and O–H groups in total. The van der Waals surface area contributed by atoms with E-state index < -0.39 is 0 Å². The van der Waals surface area contributed by atoms with Gasteiger partial charge in [-0.25, -0.2) is 0 Å². The molecule has 0 fully saturated rings. The van der Waals surface area contributed by atoms with Crippen LogP contribution >= 0.6 is 0 Å². The van der Waals surface area contributed by atoms with E-state index in [1.807, 2.05) is 0 Å². The van der Waals surface area contributed by atoms with Crippen molar-refractivity contribution in [1.82, 2.24) is 4.90 Å². The van der Waals surface area contributed by atoms with Gasteiger partial charge < -0.3 is 19.1 Å². The van der Waals surface area contributed by atoms with Crippen molar-refractivity contribution < 1.29 is 28.6 Å². The Hall–Kier alpha value is -2.15. The van der Waals surface area contributed by atoms with Gasteiger partial charge in [-0.2, -0.15) is 0 Å². The molecule has 0 saturated heterocycles. The maximum absolute atomic E-state index is 12.6. The molecule has 0 bridgehead atoms. The molecule has 0 radical (unpaired) electrons. The largest absolute Gasteiger partial charge is 0.465 e. The molecule has 0 aromatic carbocycles. The first-order valence-corrected chi connectivity index (χ1v) is 26.1. The van der Waals surface area contributed by atoms with Crippen LogP contribution in [0.2, 0.25) is 0 Å². The van der Waals surface area contributed by atoms with Crippen LogP contribution in [0.3, 0.4) is 0 Å². The molecule has 7 heteroatoms. The van der Waals surface area contributed by atoms with E-state index in [4.69, 9.17) is 14.2 Å². The Labute approximate surface area is 385 Å². The monoisotopic (exact) mass is 874 g/mol. The van der Waals surface area contributed by atoms with E-state index in [1.54, 1.807) is 0 Å². The van der Waals surface area contributed by atoms with Gasteiger partial charge in [-0.1, -0.05) is 169 Å². The summed E-state index contributed by atoms with van der Waals surface area (Å²) in [6.07, 6.45) is 48.1. The van der Waals surface area contributed by atoms with Crippen molar-refractivity contribution in [3.05, 3.63) is 24.3 Å². The summed E-state index contributed by atoms with van der Waals surface area (Å²) >= 11 is 0. The van der Waals surface area contributed by atoms with Crippen molar-refractivity contribution in [3.8, 4) is 0 Å². The first-order valence-electron chi connectivity index (χ1n) is 26.1. The predicted octanol–water partition coefficient (Wildman–Crippen LogP) is 16.0. The van der Waals surface area contributed by atoms with Crippen LogP contribution in [-0.2, 0) is 28.6 Å². The second-order valence-corrected chi connectivity index (χ2v) is 21.1. The molecule has 1 unspecified atom stereocenters. The molecule has 0 amide bonds. The molecule has 364 valence electrons. The molecule has 1 atom stereocenters. The van der Waals surface area contributed by atoms with Gasteiger partial charge in [0.2, 0.25) is 0 Å². The van der Waals surface area contributed by atoms with Crippen molar-refractivity contribution in [1.29, 1.82) is 0 Å². The Bertz CT molecular complexity index is 1100. The Balaban J connectivity index is 3.91. The summed E-state index contributed by atoms with van der Waals surface area (Å²) in [4.78, 5) is 38.4. The molecule has 0 aromatic heterocycles. The summed E-state index contributed by atoms with van der Waals surface area (Å²) in [5, 5.41) is 0. The van der Waals surface area contributed by atoms with Crippen LogP contribution in [0.5, 0.6) is 0 Å². The quantitative estimate of drug-likeness (QED) is 0.0261. The third-order valence-electron chi connectivity index (χ3n) is 11.2. The van der Waals surface area contributed by atoms with Gasteiger partial charge in [0.1, 0.15) is 6.10 Å². The standard InChI is InChI=1S/C55H103NO6/c1-54(2,3)48-60-51(57)44-39-35-31-27-23-19-15-11-9-10-13-17-21-25-29-33-37-42-50(62-53(59)46-41-47-56(7)8)43-38-34-30-26-22-18-14-12-16-20-24-28-32-36-40-45-52(58)61-49-55(4,5)6/h9-10,12,16,50H,11,13-15,17-49H2,1-8H3/b10-9-,16-12-. The maximum Gasteiger partial charge on any atom is 0.306 e. The number of ether oxygens (including phenoxy) is 3. The third-order valence-corrected chi connectivity index (χ3v) is 11.2. The fraction of sp³-hybridized carbons (Fsp3) is 0.873. The van der Waals surface area contributed by atoms with E-state index in [2.05, 4.69) is 84.8 Å². The van der Waals surface area contributed by atoms with E-state index in [9.17, 15) is 14.4 Å². The normalized spacial score (nSPS) is 12.8. The third kappa shape index (κ3) is 48.9. The molecule has 0 heterocycles. The van der Waals surface area contributed by atoms with E-state index in [-0.39, 0.29) is 34.8 Å². The van der Waals surface area contributed by atoms with Crippen molar-refractivity contribution in [2.24, 2.45) is 10.8 Å². The molecule has 62 heavy (non-hydrogen) atoms. The van der Waals surface area contributed by atoms with E-state index in [0.717, 1.165) is 64.3 Å². The van der Waals surface area contributed by atoms with Crippen LogP contribution in [0.15, 0.2) is 24.3 Å². The average molecular weight is 874 g/mol. The summed E-state index contributed by atoms with van der Waals surface area (Å²) in [5.41, 5.74) is 0.0818. The lowest BCUT2D eigenvalue weighted by Crippen LogP contribution is -2.20. The second-order valence-electron chi connectivity index (χ2n) is 21.1. The fourth-order valence-electron chi connectivity index (χ4n) is 7.42. The highest BCUT2D eigenvalue weighted by atomic mass is 16.5. The smallest absolute Gasteiger partial charge is 0.306 e. The van der Waals surface area contributed by atoms with E-state index >= 15 is 0 Å². The van der Waals surface area contributed by atoms with Crippen molar-refractivity contribution in [3.63, 3.8) is 0 Å². The highest BCUT2D eigenvalue weighted by Crippen LogP contribution is 2.20. The minimum atomic E-state index is -0.0501. The Morgan fingerprint density at radius 1 is 0.403 bits per heavy atom. The summed E-state index contributed by atoms with van der Waals surface area (Å²) < 4.78 is 16.7. The van der Waals surface area contributed by atoms with Gasteiger partial charge in [0.05, 0.1) is 13.2 Å². The minimum Gasteiger partial charge on any atom is -0.465 e. The van der Waals surface area contributed by atoms with Crippen LogP contribution in [-0.4, -0.2) is 62.8 Å². The molecule has 7 nitrogen and oxygen atoms in total. The van der Waals surface area contributed by atoms with Gasteiger partial charge >= 0.3 is 17.9 Å². The summed E-state index contributed by atoms with van der Waals surface area (Å²) in [5.74, 6) is -0.105. The number of hydrogen-bond acceptors (Lipinski definition) is 7. The fourth-order valence-corrected chi connectivity index (χ4v) is 7.42. The molecule has 0 aliphatic heterocycles. The molecule has 0 aliphatic rings. The lowest BCUT2D eigenvalue weighted by molar-refractivity contribution is -0.150. The van der Waals surface area contributed by atoms with Crippen molar-refractivity contribution in [2.75, 3.05) is 33.9 Å². The number of nitrogens with zero attached hydrogens (tertiary/aromatic N) is 1. The van der Waals surface area contributed by atoms with Gasteiger partial charge in [0.15, 0.2) is 0 Å². The number of hydrogen-bond donors (Lipinski definition) is 0. The number of unbranched alkanes of at least 4 members (excludes halogenated alkanes) is 24. The first-order chi connectivity index (χ1) is 29.7. The summed E-state index contributed by atoms with van der Waals surface area (Å²) in [6.45, 7) is 14.5. The minimum absolute atomic E-state index is 0.0113. The lowest BCUT2D eigenvalue weighted by atomic mass is 9.99. The molecule has 0 aliphatic carbocycles. The maximum atomic E-state index is 12.6. The van der Waals surface area contributed by atoms with Crippen LogP contribution < -0.4 is 0 Å². The Morgan fingerprint density at radius 3 is 1.02 bits per heavy atom. The van der Waals surface area contributed by atoms with Crippen molar-refractivity contribution in [2.45, 2.75) is 266 Å². The number of carbonyl (C=O) groups is 3. The number of allylic oxidation sites excluding steroid dienone is 4. The number of rotatable bonds is 43. The molecular formula is C55H103NO6. The zero-order valence-electron chi connectivity index (χ0n) is 42.4. The number of esters is 3. The van der Waals surface area contributed by atoms with E-state index in [1.165, 1.54) is 141 Å². The Kier molecular flexibility index (Phi) is 40.1. The first kappa shape index (κ1) is 59.9. The predicted molar refractivity (Wildman–Crippen MR) is 265 cm³/mol. The molecule has 0 aromatic rings. The van der Waals surface area contributed by atoms with Gasteiger partial charge in [-0.15, -0.1) is 0 Å². The van der Waals surface area contributed by atoms with Crippen LogP contribution in [0.4, 0.5) is 0 Å². The lowest BCUT2D eigenvalue weighted by Gasteiger charge is -2.18. The SMILES string of the molecule is CN(C)CCCC(=O)OC(CCCCCCCC/C=C\CCCCCCCCCC(=O)OCC(C)(C)C)CCCCCCCC/C=C\CCCCCCCC(=O)OCC(C)(C)C. The molecule has 0 saturated carbocycles. The Morgan fingerprint density at radius 2 is 0.694 bits per heavy atom. The van der Waals surface area contributed by atoms with Gasteiger partial charge in [0.25, 0.3) is 0 Å². The topological polar surface area (TPSA) is 82.1 Å².